The first-order valence-corrected chi connectivity index (χ1v) is 6.88. The van der Waals surface area contributed by atoms with Gasteiger partial charge in [0.2, 0.25) is 0 Å². The van der Waals surface area contributed by atoms with E-state index in [1.807, 2.05) is 0 Å². The van der Waals surface area contributed by atoms with Crippen LogP contribution in [0, 0.1) is 11.7 Å². The van der Waals surface area contributed by atoms with Crippen LogP contribution in [0.15, 0.2) is 18.2 Å². The molecule has 20 heavy (non-hydrogen) atoms. The van der Waals surface area contributed by atoms with E-state index in [1.165, 1.54) is 23.1 Å². The summed E-state index contributed by atoms with van der Waals surface area (Å²) in [4.78, 5) is 25.2. The number of rotatable bonds is 2. The van der Waals surface area contributed by atoms with Gasteiger partial charge in [0.1, 0.15) is 5.82 Å². The molecule has 0 spiro atoms. The fourth-order valence-electron chi connectivity index (χ4n) is 3.40. The van der Waals surface area contributed by atoms with Gasteiger partial charge in [-0.15, -0.1) is 0 Å². The summed E-state index contributed by atoms with van der Waals surface area (Å²) in [6, 6.07) is 3.62. The van der Waals surface area contributed by atoms with Crippen molar-refractivity contribution in [3.05, 3.63) is 34.6 Å². The number of fused-ring (bicyclic) bond motifs is 2. The summed E-state index contributed by atoms with van der Waals surface area (Å²) in [5.74, 6) is -2.61. The highest BCUT2D eigenvalue weighted by atomic mass is 35.5. The summed E-state index contributed by atoms with van der Waals surface area (Å²) < 4.78 is 13.8. The molecule has 2 fully saturated rings. The Morgan fingerprint density at radius 2 is 2.10 bits per heavy atom. The molecule has 1 aromatic rings. The molecule has 106 valence electrons. The third kappa shape index (κ3) is 1.88. The number of hydrogen-bond donors (Lipinski definition) is 1. The second-order valence-corrected chi connectivity index (χ2v) is 5.70. The minimum atomic E-state index is -0.894. The van der Waals surface area contributed by atoms with E-state index in [0.29, 0.717) is 12.8 Å². The Labute approximate surface area is 120 Å². The van der Waals surface area contributed by atoms with Crippen molar-refractivity contribution in [1.82, 2.24) is 4.90 Å². The molecule has 1 N–H and O–H groups in total. The van der Waals surface area contributed by atoms with E-state index in [0.717, 1.165) is 6.42 Å². The standard InChI is InChI=1S/C14H13ClFNO3/c15-9-2-1-3-10(16)12(9)13(18)17-7-4-5-11(17)8(6-7)14(19)20/h1-3,7-8,11H,4-6H2,(H,19,20). The fraction of sp³-hybridized carbons (Fsp3) is 0.429. The van der Waals surface area contributed by atoms with Gasteiger partial charge in [0.15, 0.2) is 0 Å². The molecule has 6 heteroatoms. The van der Waals surface area contributed by atoms with Crippen molar-refractivity contribution in [3.63, 3.8) is 0 Å². The molecule has 0 aromatic heterocycles. The van der Waals surface area contributed by atoms with Crippen LogP contribution >= 0.6 is 11.6 Å². The van der Waals surface area contributed by atoms with Gasteiger partial charge in [0, 0.05) is 12.1 Å². The molecule has 0 saturated carbocycles. The third-order valence-electron chi connectivity index (χ3n) is 4.27. The zero-order valence-corrected chi connectivity index (χ0v) is 11.3. The number of aliphatic carboxylic acids is 1. The third-order valence-corrected chi connectivity index (χ3v) is 4.58. The van der Waals surface area contributed by atoms with Gasteiger partial charge in [0.25, 0.3) is 5.91 Å². The van der Waals surface area contributed by atoms with Crippen LogP contribution in [0.25, 0.3) is 0 Å². The van der Waals surface area contributed by atoms with Gasteiger partial charge in [-0.25, -0.2) is 4.39 Å². The Morgan fingerprint density at radius 3 is 2.70 bits per heavy atom. The highest BCUT2D eigenvalue weighted by Gasteiger charge is 2.51. The van der Waals surface area contributed by atoms with E-state index in [2.05, 4.69) is 0 Å². The van der Waals surface area contributed by atoms with Crippen molar-refractivity contribution < 1.29 is 19.1 Å². The summed E-state index contributed by atoms with van der Waals surface area (Å²) in [6.45, 7) is 0. The maximum absolute atomic E-state index is 13.8. The molecule has 3 atom stereocenters. The second kappa shape index (κ2) is 4.74. The van der Waals surface area contributed by atoms with Crippen LogP contribution in [0.3, 0.4) is 0 Å². The zero-order chi connectivity index (χ0) is 14.4. The molecule has 3 unspecified atom stereocenters. The quantitative estimate of drug-likeness (QED) is 0.912. The van der Waals surface area contributed by atoms with Gasteiger partial charge >= 0.3 is 5.97 Å². The highest BCUT2D eigenvalue weighted by molar-refractivity contribution is 6.33. The lowest BCUT2D eigenvalue weighted by Crippen LogP contribution is -2.38. The Morgan fingerprint density at radius 1 is 1.35 bits per heavy atom. The Balaban J connectivity index is 1.94. The Kier molecular flexibility index (Phi) is 3.17. The molecule has 2 aliphatic heterocycles. The molecule has 2 heterocycles. The van der Waals surface area contributed by atoms with Crippen LogP contribution < -0.4 is 0 Å². The van der Waals surface area contributed by atoms with E-state index >= 15 is 0 Å². The van der Waals surface area contributed by atoms with E-state index in [9.17, 15) is 19.1 Å². The normalized spacial score (nSPS) is 27.9. The number of amides is 1. The van der Waals surface area contributed by atoms with Gasteiger partial charge in [-0.3, -0.25) is 9.59 Å². The van der Waals surface area contributed by atoms with Crippen molar-refractivity contribution in [2.75, 3.05) is 0 Å². The predicted octanol–water partition coefficient (Wildman–Crippen LogP) is 2.56. The van der Waals surface area contributed by atoms with Crippen LogP contribution in [0.5, 0.6) is 0 Å². The molecule has 1 aromatic carbocycles. The molecule has 2 bridgehead atoms. The van der Waals surface area contributed by atoms with Gasteiger partial charge in [0.05, 0.1) is 16.5 Å². The summed E-state index contributed by atoms with van der Waals surface area (Å²) in [5, 5.41) is 9.24. The monoisotopic (exact) mass is 297 g/mol. The maximum atomic E-state index is 13.8. The summed E-state index contributed by atoms with van der Waals surface area (Å²) in [5.41, 5.74) is -0.155. The van der Waals surface area contributed by atoms with Crippen molar-refractivity contribution in [2.45, 2.75) is 31.3 Å². The van der Waals surface area contributed by atoms with Crippen molar-refractivity contribution in [2.24, 2.45) is 5.92 Å². The van der Waals surface area contributed by atoms with Crippen LogP contribution in [0.1, 0.15) is 29.6 Å². The predicted molar refractivity (Wildman–Crippen MR) is 70.1 cm³/mol. The topological polar surface area (TPSA) is 57.6 Å². The first-order chi connectivity index (χ1) is 9.50. The molecular weight excluding hydrogens is 285 g/mol. The van der Waals surface area contributed by atoms with Gasteiger partial charge in [-0.1, -0.05) is 17.7 Å². The molecule has 0 aliphatic carbocycles. The number of carbonyl (C=O) groups excluding carboxylic acids is 1. The number of hydrogen-bond acceptors (Lipinski definition) is 2. The fourth-order valence-corrected chi connectivity index (χ4v) is 3.65. The lowest BCUT2D eigenvalue weighted by atomic mass is 9.89. The molecule has 0 radical (unpaired) electrons. The van der Waals surface area contributed by atoms with Crippen molar-refractivity contribution in [1.29, 1.82) is 0 Å². The maximum Gasteiger partial charge on any atom is 0.308 e. The number of benzene rings is 1. The second-order valence-electron chi connectivity index (χ2n) is 5.29. The number of carboxylic acid groups (broad SMARTS) is 1. The number of halogens is 2. The van der Waals surface area contributed by atoms with Crippen LogP contribution in [0.4, 0.5) is 4.39 Å². The summed E-state index contributed by atoms with van der Waals surface area (Å²) in [7, 11) is 0. The molecule has 2 aliphatic rings. The van der Waals surface area contributed by atoms with Crippen LogP contribution in [-0.2, 0) is 4.79 Å². The molecular formula is C14H13ClFNO3. The van der Waals surface area contributed by atoms with E-state index in [-0.39, 0.29) is 22.7 Å². The average molecular weight is 298 g/mol. The zero-order valence-electron chi connectivity index (χ0n) is 10.6. The number of nitrogens with zero attached hydrogens (tertiary/aromatic N) is 1. The van der Waals surface area contributed by atoms with Gasteiger partial charge in [-0.2, -0.15) is 0 Å². The van der Waals surface area contributed by atoms with E-state index in [4.69, 9.17) is 11.6 Å². The molecule has 3 rings (SSSR count). The molecule has 1 amide bonds. The van der Waals surface area contributed by atoms with Crippen LogP contribution in [-0.4, -0.2) is 34.0 Å². The highest BCUT2D eigenvalue weighted by Crippen LogP contribution is 2.43. The van der Waals surface area contributed by atoms with E-state index in [1.54, 1.807) is 0 Å². The van der Waals surface area contributed by atoms with Crippen molar-refractivity contribution in [3.8, 4) is 0 Å². The largest absolute Gasteiger partial charge is 0.481 e. The minimum Gasteiger partial charge on any atom is -0.481 e. The van der Waals surface area contributed by atoms with Gasteiger partial charge in [-0.05, 0) is 31.4 Å². The Bertz CT molecular complexity index is 572. The number of carbonyl (C=O) groups is 2. The number of carboxylic acids is 1. The summed E-state index contributed by atoms with van der Waals surface area (Å²) in [6.07, 6.45) is 1.86. The SMILES string of the molecule is O=C(O)C1CC2CCC1N2C(=O)c1c(F)cccc1Cl. The summed E-state index contributed by atoms with van der Waals surface area (Å²) >= 11 is 5.91. The van der Waals surface area contributed by atoms with Crippen molar-refractivity contribution >= 4 is 23.5 Å². The lowest BCUT2D eigenvalue weighted by molar-refractivity contribution is -0.142. The smallest absolute Gasteiger partial charge is 0.308 e. The lowest BCUT2D eigenvalue weighted by Gasteiger charge is -2.23. The first kappa shape index (κ1) is 13.4. The Hall–Kier alpha value is -1.62. The van der Waals surface area contributed by atoms with Gasteiger partial charge < -0.3 is 10.0 Å². The molecule has 2 saturated heterocycles. The molecule has 4 nitrogen and oxygen atoms in total. The first-order valence-electron chi connectivity index (χ1n) is 6.50. The minimum absolute atomic E-state index is 0.0631. The van der Waals surface area contributed by atoms with Crippen LogP contribution in [0.2, 0.25) is 5.02 Å². The average Bonchev–Trinajstić information content (AvgIpc) is 2.95. The van der Waals surface area contributed by atoms with E-state index < -0.39 is 23.6 Å².